The number of rotatable bonds is 3. The van der Waals surface area contributed by atoms with E-state index in [-0.39, 0.29) is 5.56 Å². The van der Waals surface area contributed by atoms with Gasteiger partial charge in [0.2, 0.25) is 0 Å². The summed E-state index contributed by atoms with van der Waals surface area (Å²) < 4.78 is 39.6. The summed E-state index contributed by atoms with van der Waals surface area (Å²) in [4.78, 5) is 12.7. The lowest BCUT2D eigenvalue weighted by atomic mass is 10.2. The third-order valence-corrected chi connectivity index (χ3v) is 1.61. The molecule has 0 saturated heterocycles. The topological polar surface area (TPSA) is 89.0 Å². The molecule has 0 aliphatic carbocycles. The van der Waals surface area contributed by atoms with Crippen molar-refractivity contribution in [1.82, 2.24) is 4.98 Å². The molecule has 0 aliphatic rings. The third-order valence-electron chi connectivity index (χ3n) is 1.61. The van der Waals surface area contributed by atoms with Crippen LogP contribution in [0, 0.1) is 21.4 Å². The fourth-order valence-electron chi connectivity index (χ4n) is 0.992. The van der Waals surface area contributed by atoms with Crippen molar-refractivity contribution in [2.75, 3.05) is 0 Å². The van der Waals surface area contributed by atoms with E-state index in [1.54, 1.807) is 6.07 Å². The Balaban J connectivity index is 3.16. The molecule has 0 radical (unpaired) electrons. The highest BCUT2D eigenvalue weighted by Crippen LogP contribution is 2.28. The van der Waals surface area contributed by atoms with Gasteiger partial charge in [-0.3, -0.25) is 0 Å². The molecule has 0 saturated carbocycles. The number of alkyl halides is 3. The number of hydrogen-bond donors (Lipinski definition) is 0. The minimum absolute atomic E-state index is 0.171. The van der Waals surface area contributed by atoms with Crippen molar-refractivity contribution in [1.29, 1.82) is 5.26 Å². The van der Waals surface area contributed by atoms with E-state index >= 15 is 0 Å². The van der Waals surface area contributed by atoms with Crippen molar-refractivity contribution < 1.29 is 22.8 Å². The molecule has 6 nitrogen and oxygen atoms in total. The van der Waals surface area contributed by atoms with Gasteiger partial charge in [-0.1, -0.05) is 0 Å². The molecule has 0 amide bonds. The van der Waals surface area contributed by atoms with Crippen molar-refractivity contribution in [2.45, 2.75) is 12.8 Å². The Kier molecular flexibility index (Phi) is 3.47. The number of pyridine rings is 1. The molecular weight excluding hydrogens is 243 g/mol. The molecule has 0 unspecified atom stereocenters. The molecule has 90 valence electrons. The normalized spacial score (nSPS) is 10.7. The van der Waals surface area contributed by atoms with E-state index in [2.05, 4.69) is 9.72 Å². The van der Waals surface area contributed by atoms with E-state index < -0.39 is 29.3 Å². The van der Waals surface area contributed by atoms with E-state index in [1.807, 2.05) is 0 Å². The van der Waals surface area contributed by atoms with Crippen molar-refractivity contribution in [3.63, 3.8) is 0 Å². The summed E-state index contributed by atoms with van der Waals surface area (Å²) in [5, 5.41) is 18.7. The van der Waals surface area contributed by atoms with Crippen LogP contribution in [0.4, 0.5) is 19.0 Å². The summed E-state index contributed by atoms with van der Waals surface area (Å²) in [5.74, 6) is -1.58. The maximum absolute atomic E-state index is 12.0. The number of halogens is 3. The number of ether oxygens (including phenoxy) is 1. The Hall–Kier alpha value is -2.37. The van der Waals surface area contributed by atoms with Gasteiger partial charge in [0, 0.05) is 0 Å². The first-order chi connectivity index (χ1) is 7.83. The largest absolute Gasteiger partial charge is 0.573 e. The molecule has 17 heavy (non-hydrogen) atoms. The molecule has 0 aromatic carbocycles. The molecule has 1 aromatic heterocycles. The molecule has 0 N–H and O–H groups in total. The van der Waals surface area contributed by atoms with Gasteiger partial charge < -0.3 is 14.9 Å². The molecule has 0 atom stereocenters. The van der Waals surface area contributed by atoms with Gasteiger partial charge in [-0.2, -0.15) is 5.26 Å². The van der Waals surface area contributed by atoms with Gasteiger partial charge in [0.25, 0.3) is 0 Å². The average Bonchev–Trinajstić information content (AvgIpc) is 2.18. The minimum atomic E-state index is -4.99. The molecular formula is C8H4F3N3O3. The van der Waals surface area contributed by atoms with Crippen molar-refractivity contribution >= 4 is 5.82 Å². The zero-order valence-corrected chi connectivity index (χ0v) is 8.06. The zero-order valence-electron chi connectivity index (χ0n) is 8.06. The molecule has 0 spiro atoms. The molecule has 1 aromatic rings. The second-order valence-corrected chi connectivity index (χ2v) is 2.79. The standard InChI is InChI=1S/C8H4F3N3O3/c9-8(10,11)17-6-3-7(14(15)16)13-4-5(6)1-2-12/h3-4H,1H2. The Morgan fingerprint density at radius 3 is 2.71 bits per heavy atom. The van der Waals surface area contributed by atoms with Crippen LogP contribution in [0.3, 0.4) is 0 Å². The Labute approximate surface area is 92.4 Å². The van der Waals surface area contributed by atoms with Crippen LogP contribution in [0.25, 0.3) is 0 Å². The van der Waals surface area contributed by atoms with Crippen LogP contribution in [0.15, 0.2) is 12.3 Å². The van der Waals surface area contributed by atoms with Gasteiger partial charge in [-0.05, 0) is 9.91 Å². The predicted molar refractivity (Wildman–Crippen MR) is 46.9 cm³/mol. The first-order valence-electron chi connectivity index (χ1n) is 4.09. The Bertz CT molecular complexity index is 481. The van der Waals surface area contributed by atoms with Crippen LogP contribution in [0.1, 0.15) is 5.56 Å². The molecule has 1 rings (SSSR count). The summed E-state index contributed by atoms with van der Waals surface area (Å²) >= 11 is 0. The van der Waals surface area contributed by atoms with E-state index in [9.17, 15) is 23.3 Å². The number of hydrogen-bond acceptors (Lipinski definition) is 5. The lowest BCUT2D eigenvalue weighted by Gasteiger charge is -2.10. The predicted octanol–water partition coefficient (Wildman–Crippen LogP) is 1.95. The molecule has 0 fully saturated rings. The van der Waals surface area contributed by atoms with Crippen molar-refractivity contribution in [2.24, 2.45) is 0 Å². The van der Waals surface area contributed by atoms with Gasteiger partial charge in [0.15, 0.2) is 0 Å². The second kappa shape index (κ2) is 4.65. The van der Waals surface area contributed by atoms with Crippen LogP contribution < -0.4 is 4.74 Å². The van der Waals surface area contributed by atoms with Crippen molar-refractivity contribution in [3.8, 4) is 11.8 Å². The third kappa shape index (κ3) is 3.60. The molecule has 0 bridgehead atoms. The number of nitriles is 1. The van der Waals surface area contributed by atoms with Gasteiger partial charge >= 0.3 is 12.2 Å². The number of nitrogens with zero attached hydrogens (tertiary/aromatic N) is 3. The highest BCUT2D eigenvalue weighted by atomic mass is 19.4. The fourth-order valence-corrected chi connectivity index (χ4v) is 0.992. The van der Waals surface area contributed by atoms with Gasteiger partial charge in [0.1, 0.15) is 11.9 Å². The summed E-state index contributed by atoms with van der Waals surface area (Å²) in [7, 11) is 0. The summed E-state index contributed by atoms with van der Waals surface area (Å²) in [6.45, 7) is 0. The monoisotopic (exact) mass is 247 g/mol. The van der Waals surface area contributed by atoms with Gasteiger partial charge in [-0.15, -0.1) is 13.2 Å². The first kappa shape index (κ1) is 12.7. The zero-order chi connectivity index (χ0) is 13.1. The van der Waals surface area contributed by atoms with Gasteiger partial charge in [-0.25, -0.2) is 0 Å². The fraction of sp³-hybridized carbons (Fsp3) is 0.250. The average molecular weight is 247 g/mol. The van der Waals surface area contributed by atoms with Crippen LogP contribution >= 0.6 is 0 Å². The maximum atomic E-state index is 12.0. The highest BCUT2D eigenvalue weighted by molar-refractivity contribution is 5.39. The number of nitro groups is 1. The van der Waals surface area contributed by atoms with E-state index in [0.29, 0.717) is 6.07 Å². The van der Waals surface area contributed by atoms with Crippen molar-refractivity contribution in [3.05, 3.63) is 27.9 Å². The van der Waals surface area contributed by atoms with E-state index in [4.69, 9.17) is 5.26 Å². The smallest absolute Gasteiger partial charge is 0.405 e. The van der Waals surface area contributed by atoms with E-state index in [1.165, 1.54) is 0 Å². The quantitative estimate of drug-likeness (QED) is 0.601. The minimum Gasteiger partial charge on any atom is -0.405 e. The number of aromatic nitrogens is 1. The Morgan fingerprint density at radius 1 is 1.59 bits per heavy atom. The summed E-state index contributed by atoms with van der Waals surface area (Å²) in [5.41, 5.74) is -0.171. The SMILES string of the molecule is N#CCc1cnc([N+](=O)[O-])cc1OC(F)(F)F. The van der Waals surface area contributed by atoms with E-state index in [0.717, 1.165) is 6.20 Å². The van der Waals surface area contributed by atoms with Crippen LogP contribution in [-0.2, 0) is 6.42 Å². The van der Waals surface area contributed by atoms with Crippen LogP contribution in [0.2, 0.25) is 0 Å². The maximum Gasteiger partial charge on any atom is 0.573 e. The highest BCUT2D eigenvalue weighted by Gasteiger charge is 2.33. The Morgan fingerprint density at radius 2 is 2.24 bits per heavy atom. The lowest BCUT2D eigenvalue weighted by molar-refractivity contribution is -0.389. The van der Waals surface area contributed by atoms with Gasteiger partial charge in [0.05, 0.1) is 24.1 Å². The van der Waals surface area contributed by atoms with Crippen LogP contribution in [0.5, 0.6) is 5.75 Å². The summed E-state index contributed by atoms with van der Waals surface area (Å²) in [6, 6.07) is 2.13. The lowest BCUT2D eigenvalue weighted by Crippen LogP contribution is -2.18. The molecule has 1 heterocycles. The summed E-state index contributed by atoms with van der Waals surface area (Å²) in [6.07, 6.45) is -4.57. The second-order valence-electron chi connectivity index (χ2n) is 2.79. The first-order valence-corrected chi connectivity index (χ1v) is 4.09. The molecule has 0 aliphatic heterocycles. The van der Waals surface area contributed by atoms with Crippen LogP contribution in [-0.4, -0.2) is 16.3 Å². The molecule has 9 heteroatoms.